The smallest absolute Gasteiger partial charge is 0.338 e. The first-order valence-electron chi connectivity index (χ1n) is 12.2. The molecule has 198 valence electrons. The molecule has 1 fully saturated rings. The molecule has 1 atom stereocenters. The molecular weight excluding hydrogens is 532 g/mol. The maximum atomic E-state index is 12.1. The van der Waals surface area contributed by atoms with Crippen LogP contribution in [-0.4, -0.2) is 55.1 Å². The van der Waals surface area contributed by atoms with Crippen LogP contribution in [0.15, 0.2) is 45.9 Å². The van der Waals surface area contributed by atoms with Gasteiger partial charge in [-0.3, -0.25) is 9.35 Å². The van der Waals surface area contributed by atoms with E-state index in [-0.39, 0.29) is 24.0 Å². The SMILES string of the molecule is CCC(=Cc1sc2ccc(C(=O)OC)cc2[n+]1CCCS(=O)(=O)O)C=C1SC2=CCC(=O)CC2N1CC. The Labute approximate surface area is 225 Å². The van der Waals surface area contributed by atoms with Gasteiger partial charge in [0.25, 0.3) is 15.1 Å². The molecule has 1 N–H and O–H groups in total. The Morgan fingerprint density at radius 1 is 1.32 bits per heavy atom. The Hall–Kier alpha value is -2.47. The number of thioether (sulfide) groups is 1. The van der Waals surface area contributed by atoms with E-state index in [9.17, 15) is 22.6 Å². The van der Waals surface area contributed by atoms with Crippen LogP contribution in [0.2, 0.25) is 0 Å². The van der Waals surface area contributed by atoms with Gasteiger partial charge in [0.1, 0.15) is 10.5 Å². The molecule has 2 heterocycles. The Kier molecular flexibility index (Phi) is 8.57. The normalized spacial score (nSPS) is 19.5. The van der Waals surface area contributed by atoms with Crippen LogP contribution in [0.1, 0.15) is 54.9 Å². The average Bonchev–Trinajstić information content (AvgIpc) is 3.38. The number of rotatable bonds is 9. The fourth-order valence-corrected chi connectivity index (χ4v) is 7.57. The van der Waals surface area contributed by atoms with Gasteiger partial charge in [0.2, 0.25) is 5.52 Å². The molecule has 1 aliphatic carbocycles. The minimum absolute atomic E-state index is 0.118. The van der Waals surface area contributed by atoms with Crippen molar-refractivity contribution in [2.45, 2.75) is 52.1 Å². The number of nitrogens with zero attached hydrogens (tertiary/aromatic N) is 2. The molecule has 8 nitrogen and oxygen atoms in total. The molecule has 2 aromatic rings. The minimum Gasteiger partial charge on any atom is -0.465 e. The Bertz CT molecular complexity index is 1420. The van der Waals surface area contributed by atoms with Crippen LogP contribution in [0, 0.1) is 0 Å². The number of Topliss-reactive ketones (excluding diaryl/α,β-unsaturated/α-hetero) is 1. The van der Waals surface area contributed by atoms with Crippen molar-refractivity contribution in [3.05, 3.63) is 56.4 Å². The molecule has 11 heteroatoms. The van der Waals surface area contributed by atoms with E-state index in [1.165, 1.54) is 12.0 Å². The third kappa shape index (κ3) is 6.34. The molecule has 1 unspecified atom stereocenters. The molecular formula is C26H31N2O6S3+. The third-order valence-corrected chi connectivity index (χ3v) is 9.62. The molecule has 1 aliphatic heterocycles. The number of likely N-dealkylation sites (N-methyl/N-ethyl adjacent to an activating group) is 1. The maximum absolute atomic E-state index is 12.1. The number of hydrogen-bond acceptors (Lipinski definition) is 8. The van der Waals surface area contributed by atoms with E-state index in [0.717, 1.165) is 38.8 Å². The first kappa shape index (κ1) is 27.6. The van der Waals surface area contributed by atoms with E-state index >= 15 is 0 Å². The van der Waals surface area contributed by atoms with Gasteiger partial charge < -0.3 is 9.64 Å². The van der Waals surface area contributed by atoms with Gasteiger partial charge in [0.15, 0.2) is 6.54 Å². The number of ketones is 1. The summed E-state index contributed by atoms with van der Waals surface area (Å²) in [6, 6.07) is 5.46. The Balaban J connectivity index is 1.74. The van der Waals surface area contributed by atoms with E-state index < -0.39 is 16.1 Å². The van der Waals surface area contributed by atoms with Crippen molar-refractivity contribution in [2.75, 3.05) is 19.4 Å². The molecule has 37 heavy (non-hydrogen) atoms. The Morgan fingerprint density at radius 2 is 2.11 bits per heavy atom. The van der Waals surface area contributed by atoms with Crippen LogP contribution >= 0.6 is 23.1 Å². The first-order valence-corrected chi connectivity index (χ1v) is 15.5. The number of aryl methyl sites for hydroxylation is 1. The van der Waals surface area contributed by atoms with E-state index in [0.29, 0.717) is 24.9 Å². The predicted octanol–water partition coefficient (Wildman–Crippen LogP) is 4.57. The van der Waals surface area contributed by atoms with Gasteiger partial charge in [0.05, 0.1) is 29.5 Å². The van der Waals surface area contributed by atoms with Crippen LogP contribution in [-0.2, 0) is 26.2 Å². The summed E-state index contributed by atoms with van der Waals surface area (Å²) in [5.41, 5.74) is 2.31. The van der Waals surface area contributed by atoms with Crippen molar-refractivity contribution < 1.29 is 31.9 Å². The fraction of sp³-hybridized carbons (Fsp3) is 0.423. The van der Waals surface area contributed by atoms with Gasteiger partial charge in [-0.1, -0.05) is 36.1 Å². The second-order valence-corrected chi connectivity index (χ2v) is 12.6. The number of allylic oxidation sites excluding steroid dienone is 3. The number of carbonyl (C=O) groups is 2. The zero-order chi connectivity index (χ0) is 26.7. The molecule has 0 saturated carbocycles. The van der Waals surface area contributed by atoms with Crippen molar-refractivity contribution in [1.29, 1.82) is 0 Å². The van der Waals surface area contributed by atoms with Crippen LogP contribution in [0.4, 0.5) is 0 Å². The first-order chi connectivity index (χ1) is 17.6. The lowest BCUT2D eigenvalue weighted by Crippen LogP contribution is -2.36. The highest BCUT2D eigenvalue weighted by atomic mass is 32.2. The molecule has 0 amide bonds. The number of thiazole rings is 1. The molecule has 1 saturated heterocycles. The summed E-state index contributed by atoms with van der Waals surface area (Å²) in [6.45, 7) is 5.34. The van der Waals surface area contributed by atoms with E-state index in [1.807, 2.05) is 16.7 Å². The second-order valence-electron chi connectivity index (χ2n) is 8.92. The van der Waals surface area contributed by atoms with Gasteiger partial charge in [-0.15, -0.1) is 0 Å². The predicted molar refractivity (Wildman–Crippen MR) is 147 cm³/mol. The van der Waals surface area contributed by atoms with Crippen LogP contribution in [0.25, 0.3) is 16.3 Å². The largest absolute Gasteiger partial charge is 0.465 e. The highest BCUT2D eigenvalue weighted by molar-refractivity contribution is 8.07. The van der Waals surface area contributed by atoms with Crippen LogP contribution in [0.3, 0.4) is 0 Å². The van der Waals surface area contributed by atoms with E-state index in [4.69, 9.17) is 4.74 Å². The third-order valence-electron chi connectivity index (χ3n) is 6.46. The van der Waals surface area contributed by atoms with Gasteiger partial charge in [0, 0.05) is 42.9 Å². The number of benzene rings is 1. The van der Waals surface area contributed by atoms with Crippen LogP contribution < -0.4 is 4.57 Å². The van der Waals surface area contributed by atoms with Gasteiger partial charge in [-0.05, 0) is 37.1 Å². The molecule has 1 aromatic carbocycles. The number of aromatic nitrogens is 1. The van der Waals surface area contributed by atoms with E-state index in [1.54, 1.807) is 35.2 Å². The molecule has 0 spiro atoms. The van der Waals surface area contributed by atoms with E-state index in [2.05, 4.69) is 30.9 Å². The monoisotopic (exact) mass is 563 g/mol. The number of fused-ring (bicyclic) bond motifs is 2. The lowest BCUT2D eigenvalue weighted by molar-refractivity contribution is -0.668. The number of ether oxygens (including phenoxy) is 1. The van der Waals surface area contributed by atoms with Crippen molar-refractivity contribution >= 4 is 61.3 Å². The molecule has 4 rings (SSSR count). The summed E-state index contributed by atoms with van der Waals surface area (Å²) < 4.78 is 39.7. The molecule has 0 radical (unpaired) electrons. The fourth-order valence-electron chi connectivity index (χ4n) is 4.60. The highest BCUT2D eigenvalue weighted by Crippen LogP contribution is 2.46. The topological polar surface area (TPSA) is 105 Å². The number of esters is 1. The zero-order valence-corrected chi connectivity index (χ0v) is 23.5. The van der Waals surface area contributed by atoms with Crippen molar-refractivity contribution in [2.24, 2.45) is 0 Å². The molecule has 1 aromatic heterocycles. The number of methoxy groups -OCH3 is 1. The average molecular weight is 564 g/mol. The maximum Gasteiger partial charge on any atom is 0.338 e. The molecule has 2 aliphatic rings. The van der Waals surface area contributed by atoms with Crippen LogP contribution in [0.5, 0.6) is 0 Å². The lowest BCUT2D eigenvalue weighted by atomic mass is 10.00. The van der Waals surface area contributed by atoms with Crippen molar-refractivity contribution in [3.63, 3.8) is 0 Å². The summed E-state index contributed by atoms with van der Waals surface area (Å²) in [6.07, 6.45) is 8.36. The number of carbonyl (C=O) groups excluding carboxylic acids is 2. The zero-order valence-electron chi connectivity index (χ0n) is 21.1. The molecule has 0 bridgehead atoms. The summed E-state index contributed by atoms with van der Waals surface area (Å²) in [4.78, 5) is 27.7. The Morgan fingerprint density at radius 3 is 2.78 bits per heavy atom. The highest BCUT2D eigenvalue weighted by Gasteiger charge is 2.36. The van der Waals surface area contributed by atoms with Crippen molar-refractivity contribution in [1.82, 2.24) is 4.90 Å². The summed E-state index contributed by atoms with van der Waals surface area (Å²) in [5.74, 6) is -0.525. The quantitative estimate of drug-likeness (QED) is 0.269. The van der Waals surface area contributed by atoms with Gasteiger partial charge >= 0.3 is 5.97 Å². The standard InChI is InChI=1S/C26H30N2O6S3/c1-4-17(13-24-27(5-2)21-16-19(29)8-10-23(21)35-24)14-25-28(11-6-12-37(31,32)33)20-15-18(26(30)34-3)7-9-22(20)36-25/h7,9-10,13-15,21H,4-6,8,11-12,16H2,1-3H3/p+1. The summed E-state index contributed by atoms with van der Waals surface area (Å²) in [7, 11) is -2.75. The van der Waals surface area contributed by atoms with Gasteiger partial charge in [-0.25, -0.2) is 4.79 Å². The van der Waals surface area contributed by atoms with Gasteiger partial charge in [-0.2, -0.15) is 13.0 Å². The second kappa shape index (κ2) is 11.5. The lowest BCUT2D eigenvalue weighted by Gasteiger charge is -2.26. The number of hydrogen-bond donors (Lipinski definition) is 1. The summed E-state index contributed by atoms with van der Waals surface area (Å²) in [5, 5.41) is 2.03. The minimum atomic E-state index is -4.08. The van der Waals surface area contributed by atoms with Crippen molar-refractivity contribution in [3.8, 4) is 0 Å². The summed E-state index contributed by atoms with van der Waals surface area (Å²) >= 11 is 3.28.